The molecule has 0 aliphatic heterocycles. The van der Waals surface area contributed by atoms with Crippen LogP contribution in [0.5, 0.6) is 0 Å². The fourth-order valence-corrected chi connectivity index (χ4v) is 2.42. The molecule has 0 saturated carbocycles. The van der Waals surface area contributed by atoms with Gasteiger partial charge in [0.05, 0.1) is 4.92 Å². The Labute approximate surface area is 159 Å². The van der Waals surface area contributed by atoms with Crippen LogP contribution in [0.2, 0.25) is 5.02 Å². The molecule has 1 atom stereocenters. The van der Waals surface area contributed by atoms with Gasteiger partial charge in [-0.15, -0.1) is 0 Å². The van der Waals surface area contributed by atoms with E-state index in [9.17, 15) is 19.7 Å². The van der Waals surface area contributed by atoms with E-state index in [1.807, 2.05) is 0 Å². The second kappa shape index (κ2) is 8.63. The average molecular weight is 396 g/mol. The minimum atomic E-state index is -0.944. The molecule has 1 aromatic carbocycles. The second-order valence-corrected chi connectivity index (χ2v) is 6.56. The van der Waals surface area contributed by atoms with E-state index in [-0.39, 0.29) is 23.1 Å². The van der Waals surface area contributed by atoms with Crippen LogP contribution in [0.25, 0.3) is 0 Å². The molecule has 0 unspecified atom stereocenters. The van der Waals surface area contributed by atoms with E-state index in [2.05, 4.69) is 10.5 Å². The van der Waals surface area contributed by atoms with Gasteiger partial charge in [-0.1, -0.05) is 30.6 Å². The van der Waals surface area contributed by atoms with Crippen molar-refractivity contribution in [2.24, 2.45) is 5.92 Å². The number of rotatable bonds is 7. The van der Waals surface area contributed by atoms with Crippen molar-refractivity contribution in [1.29, 1.82) is 0 Å². The standard InChI is InChI=1S/C17H18ClN3O6/c1-9(2)15(17(23)26-8-12-6-10(3)27-20-12)19-16(22)11-4-5-13(18)14(7-11)21(24)25/h4-7,9,15H,8H2,1-3H3,(H,19,22)/t15-/m0/s1. The molecule has 144 valence electrons. The van der Waals surface area contributed by atoms with E-state index in [0.717, 1.165) is 6.07 Å². The number of nitrogens with one attached hydrogen (secondary N) is 1. The van der Waals surface area contributed by atoms with E-state index in [1.54, 1.807) is 26.8 Å². The molecule has 2 aromatic rings. The van der Waals surface area contributed by atoms with Crippen molar-refractivity contribution in [3.05, 3.63) is 56.4 Å². The fraction of sp³-hybridized carbons (Fsp3) is 0.353. The maximum atomic E-state index is 12.4. The van der Waals surface area contributed by atoms with Gasteiger partial charge in [0.2, 0.25) is 0 Å². The predicted molar refractivity (Wildman–Crippen MR) is 95.2 cm³/mol. The molecule has 1 amide bonds. The number of halogens is 1. The highest BCUT2D eigenvalue weighted by Crippen LogP contribution is 2.25. The summed E-state index contributed by atoms with van der Waals surface area (Å²) in [6.07, 6.45) is 0. The van der Waals surface area contributed by atoms with Gasteiger partial charge >= 0.3 is 5.97 Å². The summed E-state index contributed by atoms with van der Waals surface area (Å²) in [6.45, 7) is 5.08. The number of esters is 1. The van der Waals surface area contributed by atoms with E-state index >= 15 is 0 Å². The average Bonchev–Trinajstić information content (AvgIpc) is 3.02. The van der Waals surface area contributed by atoms with Crippen LogP contribution in [0.1, 0.15) is 35.7 Å². The van der Waals surface area contributed by atoms with Crippen molar-refractivity contribution in [2.75, 3.05) is 0 Å². The zero-order chi connectivity index (χ0) is 20.1. The molecular weight excluding hydrogens is 378 g/mol. The minimum absolute atomic E-state index is 0.0108. The topological polar surface area (TPSA) is 125 Å². The van der Waals surface area contributed by atoms with Crippen LogP contribution in [0.4, 0.5) is 5.69 Å². The van der Waals surface area contributed by atoms with E-state index in [1.165, 1.54) is 12.1 Å². The summed E-state index contributed by atoms with van der Waals surface area (Å²) in [5.41, 5.74) is 0.0640. The second-order valence-electron chi connectivity index (χ2n) is 6.16. The van der Waals surface area contributed by atoms with Gasteiger partial charge in [-0.3, -0.25) is 14.9 Å². The van der Waals surface area contributed by atoms with Gasteiger partial charge in [-0.2, -0.15) is 0 Å². The molecule has 0 spiro atoms. The van der Waals surface area contributed by atoms with Gasteiger partial charge in [0.1, 0.15) is 29.1 Å². The molecule has 0 bridgehead atoms. The molecule has 0 radical (unpaired) electrons. The fourth-order valence-electron chi connectivity index (χ4n) is 2.24. The molecule has 1 heterocycles. The van der Waals surface area contributed by atoms with Gasteiger partial charge < -0.3 is 14.6 Å². The lowest BCUT2D eigenvalue weighted by Crippen LogP contribution is -2.45. The van der Waals surface area contributed by atoms with Crippen molar-refractivity contribution in [3.63, 3.8) is 0 Å². The van der Waals surface area contributed by atoms with Gasteiger partial charge in [-0.25, -0.2) is 4.79 Å². The first-order valence-electron chi connectivity index (χ1n) is 8.02. The molecule has 0 saturated heterocycles. The maximum absolute atomic E-state index is 12.4. The first kappa shape index (κ1) is 20.4. The minimum Gasteiger partial charge on any atom is -0.458 e. The Balaban J connectivity index is 2.08. The number of ether oxygens (including phenoxy) is 1. The third kappa shape index (κ3) is 5.27. The molecule has 1 N–H and O–H groups in total. The number of hydrogen-bond donors (Lipinski definition) is 1. The van der Waals surface area contributed by atoms with Crippen molar-refractivity contribution in [2.45, 2.75) is 33.4 Å². The smallest absolute Gasteiger partial charge is 0.329 e. The Hall–Kier alpha value is -2.94. The highest BCUT2D eigenvalue weighted by molar-refractivity contribution is 6.32. The van der Waals surface area contributed by atoms with Crippen LogP contribution in [0, 0.1) is 23.0 Å². The summed E-state index contributed by atoms with van der Waals surface area (Å²) in [7, 11) is 0. The Kier molecular flexibility index (Phi) is 6.51. The Morgan fingerprint density at radius 2 is 2.07 bits per heavy atom. The van der Waals surface area contributed by atoms with Crippen LogP contribution >= 0.6 is 11.6 Å². The van der Waals surface area contributed by atoms with Crippen LogP contribution < -0.4 is 5.32 Å². The normalized spacial score (nSPS) is 11.9. The van der Waals surface area contributed by atoms with Gasteiger partial charge in [0.15, 0.2) is 0 Å². The molecule has 0 fully saturated rings. The molecule has 1 aromatic heterocycles. The molecule has 9 nitrogen and oxygen atoms in total. The van der Waals surface area contributed by atoms with Crippen molar-refractivity contribution >= 4 is 29.2 Å². The van der Waals surface area contributed by atoms with Gasteiger partial charge in [0, 0.05) is 17.7 Å². The van der Waals surface area contributed by atoms with Crippen LogP contribution in [0.15, 0.2) is 28.8 Å². The Morgan fingerprint density at radius 3 is 2.63 bits per heavy atom. The SMILES string of the molecule is Cc1cc(COC(=O)[C@@H](NC(=O)c2ccc(Cl)c([N+](=O)[O-])c2)C(C)C)no1. The lowest BCUT2D eigenvalue weighted by molar-refractivity contribution is -0.384. The molecule has 2 rings (SSSR count). The predicted octanol–water partition coefficient (Wildman–Crippen LogP) is 3.04. The van der Waals surface area contributed by atoms with Crippen LogP contribution in [-0.4, -0.2) is 28.0 Å². The van der Waals surface area contributed by atoms with Crippen molar-refractivity contribution in [3.8, 4) is 0 Å². The Morgan fingerprint density at radius 1 is 1.37 bits per heavy atom. The lowest BCUT2D eigenvalue weighted by Gasteiger charge is -2.20. The molecular formula is C17H18ClN3O6. The monoisotopic (exact) mass is 395 g/mol. The highest BCUT2D eigenvalue weighted by Gasteiger charge is 2.27. The number of nitro groups is 1. The van der Waals surface area contributed by atoms with Crippen molar-refractivity contribution < 1.29 is 23.8 Å². The van der Waals surface area contributed by atoms with E-state index in [0.29, 0.717) is 11.5 Å². The first-order chi connectivity index (χ1) is 12.7. The summed E-state index contributed by atoms with van der Waals surface area (Å²) in [4.78, 5) is 35.0. The van der Waals surface area contributed by atoms with Crippen molar-refractivity contribution in [1.82, 2.24) is 10.5 Å². The number of benzene rings is 1. The van der Waals surface area contributed by atoms with E-state index < -0.39 is 28.5 Å². The highest BCUT2D eigenvalue weighted by atomic mass is 35.5. The number of aromatic nitrogens is 1. The molecule has 27 heavy (non-hydrogen) atoms. The third-order valence-electron chi connectivity index (χ3n) is 3.65. The summed E-state index contributed by atoms with van der Waals surface area (Å²) in [5, 5.41) is 17.1. The summed E-state index contributed by atoms with van der Waals surface area (Å²) < 4.78 is 10.1. The zero-order valence-electron chi connectivity index (χ0n) is 14.9. The maximum Gasteiger partial charge on any atom is 0.329 e. The Bertz CT molecular complexity index is 864. The number of carbonyl (C=O) groups is 2. The largest absolute Gasteiger partial charge is 0.458 e. The summed E-state index contributed by atoms with van der Waals surface area (Å²) >= 11 is 5.74. The van der Waals surface area contributed by atoms with Crippen LogP contribution in [-0.2, 0) is 16.1 Å². The van der Waals surface area contributed by atoms with E-state index in [4.69, 9.17) is 20.9 Å². The van der Waals surface area contributed by atoms with Crippen LogP contribution in [0.3, 0.4) is 0 Å². The number of hydrogen-bond acceptors (Lipinski definition) is 7. The first-order valence-corrected chi connectivity index (χ1v) is 8.40. The lowest BCUT2D eigenvalue weighted by atomic mass is 10.0. The quantitative estimate of drug-likeness (QED) is 0.434. The number of carbonyl (C=O) groups excluding carboxylic acids is 2. The zero-order valence-corrected chi connectivity index (χ0v) is 15.6. The number of nitrogens with zero attached hydrogens (tertiary/aromatic N) is 2. The third-order valence-corrected chi connectivity index (χ3v) is 3.97. The number of aryl methyl sites for hydroxylation is 1. The summed E-state index contributed by atoms with van der Waals surface area (Å²) in [6, 6.07) is 4.33. The van der Waals surface area contributed by atoms with Gasteiger partial charge in [-0.05, 0) is 25.0 Å². The molecule has 10 heteroatoms. The summed E-state index contributed by atoms with van der Waals surface area (Å²) in [5.74, 6) is -0.993. The molecule has 0 aliphatic carbocycles. The number of amides is 1. The van der Waals surface area contributed by atoms with Gasteiger partial charge in [0.25, 0.3) is 11.6 Å². The molecule has 0 aliphatic rings. The number of nitro benzene ring substituents is 1.